The number of amides is 1. The van der Waals surface area contributed by atoms with Crippen molar-refractivity contribution in [3.05, 3.63) is 23.8 Å². The fourth-order valence-corrected chi connectivity index (χ4v) is 3.34. The quantitative estimate of drug-likeness (QED) is 0.914. The average molecular weight is 319 g/mol. The first-order chi connectivity index (χ1) is 11.1. The van der Waals surface area contributed by atoms with E-state index in [4.69, 9.17) is 9.47 Å². The molecule has 3 rings (SSSR count). The predicted octanol–water partition coefficient (Wildman–Crippen LogP) is 1.71. The number of ether oxygens (including phenoxy) is 2. The summed E-state index contributed by atoms with van der Waals surface area (Å²) >= 11 is 0. The minimum absolute atomic E-state index is 0.123. The molecule has 1 aromatic carbocycles. The molecule has 0 saturated carbocycles. The van der Waals surface area contributed by atoms with Gasteiger partial charge in [0.2, 0.25) is 5.91 Å². The maximum absolute atomic E-state index is 12.7. The Morgan fingerprint density at radius 2 is 2.26 bits per heavy atom. The molecule has 6 nitrogen and oxygen atoms in total. The van der Waals surface area contributed by atoms with Gasteiger partial charge in [-0.3, -0.25) is 4.79 Å². The fourth-order valence-electron chi connectivity index (χ4n) is 3.34. The highest BCUT2D eigenvalue weighted by atomic mass is 16.5. The lowest BCUT2D eigenvalue weighted by molar-refractivity contribution is -0.150. The van der Waals surface area contributed by atoms with Crippen LogP contribution in [0.2, 0.25) is 0 Å². The third kappa shape index (κ3) is 2.98. The van der Waals surface area contributed by atoms with Crippen LogP contribution in [-0.4, -0.2) is 47.7 Å². The van der Waals surface area contributed by atoms with Gasteiger partial charge in [-0.15, -0.1) is 0 Å². The largest absolute Gasteiger partial charge is 0.490 e. The summed E-state index contributed by atoms with van der Waals surface area (Å²) < 4.78 is 11.3. The van der Waals surface area contributed by atoms with Crippen LogP contribution in [0.5, 0.6) is 11.5 Å². The van der Waals surface area contributed by atoms with Crippen molar-refractivity contribution in [3.8, 4) is 11.5 Å². The van der Waals surface area contributed by atoms with Gasteiger partial charge in [-0.25, -0.2) is 4.79 Å². The van der Waals surface area contributed by atoms with E-state index in [0.717, 1.165) is 12.0 Å². The van der Waals surface area contributed by atoms with Crippen molar-refractivity contribution in [2.24, 2.45) is 5.92 Å². The molecule has 1 aromatic rings. The smallest absolute Gasteiger partial charge is 0.326 e. The van der Waals surface area contributed by atoms with Crippen LogP contribution in [0.4, 0.5) is 0 Å². The van der Waals surface area contributed by atoms with Crippen molar-refractivity contribution in [1.29, 1.82) is 0 Å². The third-order valence-electron chi connectivity index (χ3n) is 4.43. The van der Waals surface area contributed by atoms with Crippen LogP contribution in [0, 0.1) is 5.92 Å². The van der Waals surface area contributed by atoms with Gasteiger partial charge >= 0.3 is 5.97 Å². The molecule has 0 bridgehead atoms. The normalized spacial score (nSPS) is 23.1. The minimum atomic E-state index is -0.924. The van der Waals surface area contributed by atoms with E-state index in [0.29, 0.717) is 37.5 Å². The van der Waals surface area contributed by atoms with E-state index in [1.54, 1.807) is 0 Å². The number of carbonyl (C=O) groups is 2. The Balaban J connectivity index is 1.75. The van der Waals surface area contributed by atoms with Gasteiger partial charge in [0.1, 0.15) is 12.6 Å². The molecule has 1 amide bonds. The maximum atomic E-state index is 12.7. The zero-order valence-corrected chi connectivity index (χ0v) is 13.2. The Kier molecular flexibility index (Phi) is 4.41. The number of hydrogen-bond acceptors (Lipinski definition) is 4. The van der Waals surface area contributed by atoms with Gasteiger partial charge in [-0.2, -0.15) is 0 Å². The van der Waals surface area contributed by atoms with Gasteiger partial charge < -0.3 is 19.5 Å². The van der Waals surface area contributed by atoms with Crippen molar-refractivity contribution < 1.29 is 24.2 Å². The first-order valence-corrected chi connectivity index (χ1v) is 8.02. The van der Waals surface area contributed by atoms with Gasteiger partial charge in [0.25, 0.3) is 0 Å². The highest BCUT2D eigenvalue weighted by Gasteiger charge is 2.38. The van der Waals surface area contributed by atoms with Gasteiger partial charge in [0, 0.05) is 6.54 Å². The van der Waals surface area contributed by atoms with E-state index in [-0.39, 0.29) is 18.4 Å². The summed E-state index contributed by atoms with van der Waals surface area (Å²) in [5.41, 5.74) is 0.937. The second kappa shape index (κ2) is 6.48. The number of aliphatic carboxylic acids is 1. The predicted molar refractivity (Wildman–Crippen MR) is 82.7 cm³/mol. The molecular weight excluding hydrogens is 298 g/mol. The summed E-state index contributed by atoms with van der Waals surface area (Å²) in [7, 11) is 0. The van der Waals surface area contributed by atoms with E-state index in [1.165, 1.54) is 4.90 Å². The molecule has 0 unspecified atom stereocenters. The molecule has 124 valence electrons. The number of benzene rings is 1. The summed E-state index contributed by atoms with van der Waals surface area (Å²) in [6.45, 7) is 3.24. The second-order valence-corrected chi connectivity index (χ2v) is 5.92. The van der Waals surface area contributed by atoms with Gasteiger partial charge in [-0.1, -0.05) is 12.1 Å². The zero-order valence-electron chi connectivity index (χ0n) is 13.2. The van der Waals surface area contributed by atoms with Crippen LogP contribution >= 0.6 is 0 Å². The number of hydrogen-bond donors (Lipinski definition) is 1. The summed E-state index contributed by atoms with van der Waals surface area (Å²) in [5, 5.41) is 9.24. The van der Waals surface area contributed by atoms with Crippen LogP contribution < -0.4 is 9.47 Å². The molecule has 1 N–H and O–H groups in total. The molecule has 0 spiro atoms. The number of carbonyl (C=O) groups excluding carboxylic acids is 1. The Morgan fingerprint density at radius 3 is 3.00 bits per heavy atom. The minimum Gasteiger partial charge on any atom is -0.490 e. The van der Waals surface area contributed by atoms with Crippen LogP contribution in [0.3, 0.4) is 0 Å². The average Bonchev–Trinajstić information content (AvgIpc) is 3.04. The van der Waals surface area contributed by atoms with E-state index in [1.807, 2.05) is 25.1 Å². The van der Waals surface area contributed by atoms with Gasteiger partial charge in [-0.05, 0) is 37.8 Å². The second-order valence-electron chi connectivity index (χ2n) is 5.92. The van der Waals surface area contributed by atoms with Crippen molar-refractivity contribution in [2.75, 3.05) is 19.8 Å². The first-order valence-electron chi connectivity index (χ1n) is 8.02. The summed E-state index contributed by atoms with van der Waals surface area (Å²) in [6.07, 6.45) is 1.82. The molecule has 0 aromatic heterocycles. The molecule has 1 saturated heterocycles. The van der Waals surface area contributed by atoms with Crippen LogP contribution in [0.25, 0.3) is 0 Å². The Bertz CT molecular complexity index is 615. The van der Waals surface area contributed by atoms with E-state index in [9.17, 15) is 14.7 Å². The molecule has 2 aliphatic rings. The number of nitrogens with zero attached hydrogens (tertiary/aromatic N) is 1. The van der Waals surface area contributed by atoms with Crippen LogP contribution in [0.15, 0.2) is 18.2 Å². The highest BCUT2D eigenvalue weighted by Crippen LogP contribution is 2.37. The molecule has 2 aliphatic heterocycles. The lowest BCUT2D eigenvalue weighted by atomic mass is 9.95. The van der Waals surface area contributed by atoms with E-state index >= 15 is 0 Å². The van der Waals surface area contributed by atoms with Crippen LogP contribution in [-0.2, 0) is 16.0 Å². The molecular formula is C17H21NO5. The number of para-hydroxylation sites is 1. The Labute approximate surface area is 135 Å². The molecule has 23 heavy (non-hydrogen) atoms. The topological polar surface area (TPSA) is 76.1 Å². The van der Waals surface area contributed by atoms with Crippen molar-refractivity contribution in [1.82, 2.24) is 4.90 Å². The van der Waals surface area contributed by atoms with Gasteiger partial charge in [0.15, 0.2) is 11.5 Å². The number of carboxylic acids is 1. The standard InChI is InChI=1S/C17H21NO5/c1-2-22-14-7-3-5-11-9-12(10-23-15(11)14)16(19)18-8-4-6-13(18)17(20)21/h3,5,7,12-13H,2,4,6,8-10H2,1H3,(H,20,21)/t12-,13-/m1/s1. The SMILES string of the molecule is CCOc1cccc2c1OC[C@H](C(=O)N1CCC[C@@H]1C(=O)O)C2. The number of likely N-dealkylation sites (tertiary alicyclic amines) is 1. The van der Waals surface area contributed by atoms with E-state index < -0.39 is 12.0 Å². The Hall–Kier alpha value is -2.24. The van der Waals surface area contributed by atoms with Crippen molar-refractivity contribution in [2.45, 2.75) is 32.2 Å². The molecule has 6 heteroatoms. The lowest BCUT2D eigenvalue weighted by Crippen LogP contribution is -2.46. The summed E-state index contributed by atoms with van der Waals surface area (Å²) in [6, 6.07) is 4.97. The molecule has 1 fully saturated rings. The van der Waals surface area contributed by atoms with E-state index in [2.05, 4.69) is 0 Å². The lowest BCUT2D eigenvalue weighted by Gasteiger charge is -2.30. The molecule has 2 atom stereocenters. The maximum Gasteiger partial charge on any atom is 0.326 e. The van der Waals surface area contributed by atoms with Gasteiger partial charge in [0.05, 0.1) is 12.5 Å². The Morgan fingerprint density at radius 1 is 1.43 bits per heavy atom. The monoisotopic (exact) mass is 319 g/mol. The molecule has 0 radical (unpaired) electrons. The summed E-state index contributed by atoms with van der Waals surface area (Å²) in [4.78, 5) is 25.5. The molecule has 0 aliphatic carbocycles. The first kappa shape index (κ1) is 15.6. The summed E-state index contributed by atoms with van der Waals surface area (Å²) in [5.74, 6) is 0.0170. The number of fused-ring (bicyclic) bond motifs is 1. The third-order valence-corrected chi connectivity index (χ3v) is 4.43. The zero-order chi connectivity index (χ0) is 16.4. The van der Waals surface area contributed by atoms with Crippen molar-refractivity contribution in [3.63, 3.8) is 0 Å². The highest BCUT2D eigenvalue weighted by molar-refractivity contribution is 5.86. The number of rotatable bonds is 4. The number of carboxylic acid groups (broad SMARTS) is 1. The van der Waals surface area contributed by atoms with Crippen LogP contribution in [0.1, 0.15) is 25.3 Å². The molecule has 2 heterocycles. The van der Waals surface area contributed by atoms with Crippen molar-refractivity contribution >= 4 is 11.9 Å². The fraction of sp³-hybridized carbons (Fsp3) is 0.529.